The van der Waals surface area contributed by atoms with Gasteiger partial charge in [0.05, 0.1) is 16.3 Å². The summed E-state index contributed by atoms with van der Waals surface area (Å²) in [5.74, 6) is 4.92. The van der Waals surface area contributed by atoms with Crippen LogP contribution in [0.15, 0.2) is 42.5 Å². The largest absolute Gasteiger partial charge is 0.514 e. The van der Waals surface area contributed by atoms with Gasteiger partial charge >= 0.3 is 6.16 Å². The predicted octanol–water partition coefficient (Wildman–Crippen LogP) is 1.43. The fraction of sp³-hybridized carbons (Fsp3) is 0.300. The Balaban J connectivity index is 1.55. The smallest absolute Gasteiger partial charge is 0.429 e. The number of nitro groups is 1. The quantitative estimate of drug-likeness (QED) is 0.209. The van der Waals surface area contributed by atoms with E-state index in [0.717, 1.165) is 5.69 Å². The third kappa shape index (κ3) is 5.83. The average Bonchev–Trinajstić information content (AvgIpc) is 2.79. The van der Waals surface area contributed by atoms with Crippen LogP contribution < -0.4 is 21.3 Å². The lowest BCUT2D eigenvalue weighted by Gasteiger charge is -2.36. The fourth-order valence-corrected chi connectivity index (χ4v) is 3.22. The predicted molar refractivity (Wildman–Crippen MR) is 114 cm³/mol. The van der Waals surface area contributed by atoms with Gasteiger partial charge in [0.2, 0.25) is 0 Å². The molecule has 1 aliphatic rings. The summed E-state index contributed by atoms with van der Waals surface area (Å²) in [6, 6.07) is 10.3. The van der Waals surface area contributed by atoms with E-state index in [2.05, 4.69) is 4.84 Å². The van der Waals surface area contributed by atoms with Crippen molar-refractivity contribution in [2.75, 3.05) is 43.4 Å². The molecular weight excluding hydrogens is 422 g/mol. The van der Waals surface area contributed by atoms with Gasteiger partial charge in [0.1, 0.15) is 19.0 Å². The molecule has 1 fully saturated rings. The number of carbonyl (C=O) groups is 2. The summed E-state index contributed by atoms with van der Waals surface area (Å²) < 4.78 is 10.2. The van der Waals surface area contributed by atoms with Gasteiger partial charge in [-0.2, -0.15) is 0 Å². The molecule has 0 aromatic heterocycles. The zero-order valence-electron chi connectivity index (χ0n) is 17.1. The molecule has 4 N–H and O–H groups in total. The second-order valence-electron chi connectivity index (χ2n) is 6.96. The number of amides is 1. The first-order valence-corrected chi connectivity index (χ1v) is 9.69. The minimum absolute atomic E-state index is 0.0502. The Labute approximate surface area is 183 Å². The fourth-order valence-electron chi connectivity index (χ4n) is 3.22. The first-order chi connectivity index (χ1) is 15.4. The van der Waals surface area contributed by atoms with Crippen LogP contribution in [0, 0.1) is 10.1 Å². The lowest BCUT2D eigenvalue weighted by atomic mass is 10.1. The normalized spacial score (nSPS) is 13.5. The van der Waals surface area contributed by atoms with E-state index < -0.39 is 11.1 Å². The molecule has 1 amide bonds. The highest BCUT2D eigenvalue weighted by molar-refractivity contribution is 5.78. The number of nitrogens with zero attached hydrogens (tertiary/aromatic N) is 3. The van der Waals surface area contributed by atoms with Gasteiger partial charge in [0.15, 0.2) is 0 Å². The molecule has 1 heterocycles. The molecule has 2 aromatic rings. The van der Waals surface area contributed by atoms with Crippen molar-refractivity contribution in [1.82, 2.24) is 4.90 Å². The molecule has 3 rings (SSSR count). The standard InChI is InChI=1S/C20H23N5O7/c21-17-6-1-14(11-18(17)23-7-9-24(10-8-23)19(26)13-31-22)12-30-20(27)32-16-4-2-15(3-5-16)25(28)29/h1-6,11H,7-10,12-13,21-22H2. The van der Waals surface area contributed by atoms with E-state index in [9.17, 15) is 19.7 Å². The maximum absolute atomic E-state index is 11.9. The second kappa shape index (κ2) is 10.4. The first-order valence-electron chi connectivity index (χ1n) is 9.69. The minimum atomic E-state index is -0.938. The third-order valence-corrected chi connectivity index (χ3v) is 4.88. The van der Waals surface area contributed by atoms with E-state index in [1.807, 2.05) is 11.0 Å². The molecule has 2 aromatic carbocycles. The highest BCUT2D eigenvalue weighted by Gasteiger charge is 2.22. The topological polar surface area (TPSA) is 163 Å². The van der Waals surface area contributed by atoms with Gasteiger partial charge in [-0.15, -0.1) is 0 Å². The average molecular weight is 445 g/mol. The monoisotopic (exact) mass is 445 g/mol. The summed E-state index contributed by atoms with van der Waals surface area (Å²) in [6.45, 7) is 1.95. The number of hydrogen-bond donors (Lipinski definition) is 2. The van der Waals surface area contributed by atoms with Crippen molar-refractivity contribution in [2.24, 2.45) is 5.90 Å². The van der Waals surface area contributed by atoms with E-state index in [4.69, 9.17) is 21.1 Å². The van der Waals surface area contributed by atoms with Gasteiger partial charge in [-0.05, 0) is 29.8 Å². The second-order valence-corrected chi connectivity index (χ2v) is 6.96. The number of nitro benzene ring substituents is 1. The number of piperazine rings is 1. The first kappa shape index (κ1) is 22.8. The molecule has 170 valence electrons. The van der Waals surface area contributed by atoms with Crippen LogP contribution in [0.4, 0.5) is 21.9 Å². The Morgan fingerprint density at radius 1 is 1.06 bits per heavy atom. The van der Waals surface area contributed by atoms with Gasteiger partial charge in [-0.1, -0.05) is 6.07 Å². The third-order valence-electron chi connectivity index (χ3n) is 4.88. The van der Waals surface area contributed by atoms with Gasteiger partial charge in [0.25, 0.3) is 11.6 Å². The zero-order valence-corrected chi connectivity index (χ0v) is 17.1. The molecule has 0 bridgehead atoms. The highest BCUT2D eigenvalue weighted by Crippen LogP contribution is 2.26. The van der Waals surface area contributed by atoms with Crippen LogP contribution in [-0.2, 0) is 21.0 Å². The van der Waals surface area contributed by atoms with Crippen LogP contribution in [0.2, 0.25) is 0 Å². The molecule has 0 unspecified atom stereocenters. The molecule has 1 aliphatic heterocycles. The Bertz CT molecular complexity index is 975. The van der Waals surface area contributed by atoms with Crippen LogP contribution in [-0.4, -0.2) is 54.7 Å². The van der Waals surface area contributed by atoms with Crippen LogP contribution >= 0.6 is 0 Å². The number of nitrogen functional groups attached to an aromatic ring is 1. The van der Waals surface area contributed by atoms with Crippen molar-refractivity contribution in [1.29, 1.82) is 0 Å². The summed E-state index contributed by atoms with van der Waals surface area (Å²) in [7, 11) is 0. The Hall–Kier alpha value is -3.90. The van der Waals surface area contributed by atoms with E-state index in [-0.39, 0.29) is 30.6 Å². The lowest BCUT2D eigenvalue weighted by molar-refractivity contribution is -0.384. The van der Waals surface area contributed by atoms with Crippen molar-refractivity contribution in [3.05, 3.63) is 58.1 Å². The Kier molecular flexibility index (Phi) is 7.41. The van der Waals surface area contributed by atoms with Crippen LogP contribution in [0.3, 0.4) is 0 Å². The van der Waals surface area contributed by atoms with Crippen LogP contribution in [0.5, 0.6) is 5.75 Å². The van der Waals surface area contributed by atoms with Gasteiger partial charge < -0.3 is 25.0 Å². The molecule has 0 saturated carbocycles. The van der Waals surface area contributed by atoms with Crippen molar-refractivity contribution in [2.45, 2.75) is 6.61 Å². The van der Waals surface area contributed by atoms with Crippen molar-refractivity contribution < 1.29 is 28.8 Å². The van der Waals surface area contributed by atoms with Crippen molar-refractivity contribution in [3.8, 4) is 5.75 Å². The maximum Gasteiger partial charge on any atom is 0.514 e. The Morgan fingerprint density at radius 2 is 1.75 bits per heavy atom. The molecule has 12 nitrogen and oxygen atoms in total. The van der Waals surface area contributed by atoms with Crippen LogP contribution in [0.25, 0.3) is 0 Å². The van der Waals surface area contributed by atoms with Gasteiger partial charge in [-0.3, -0.25) is 19.7 Å². The number of non-ortho nitro benzene ring substituents is 1. The lowest BCUT2D eigenvalue weighted by Crippen LogP contribution is -2.50. The number of hydrogen-bond acceptors (Lipinski definition) is 10. The molecule has 32 heavy (non-hydrogen) atoms. The summed E-state index contributed by atoms with van der Waals surface area (Å²) in [5.41, 5.74) is 8.04. The molecule has 12 heteroatoms. The number of ether oxygens (including phenoxy) is 2. The molecular formula is C20H23N5O7. The van der Waals surface area contributed by atoms with Crippen LogP contribution in [0.1, 0.15) is 5.56 Å². The van der Waals surface area contributed by atoms with E-state index >= 15 is 0 Å². The van der Waals surface area contributed by atoms with E-state index in [1.54, 1.807) is 17.0 Å². The number of rotatable bonds is 7. The van der Waals surface area contributed by atoms with E-state index in [0.29, 0.717) is 37.4 Å². The zero-order chi connectivity index (χ0) is 23.1. The number of carbonyl (C=O) groups excluding carboxylic acids is 2. The summed E-state index contributed by atoms with van der Waals surface area (Å²) in [6.07, 6.45) is -0.938. The van der Waals surface area contributed by atoms with Crippen molar-refractivity contribution >= 4 is 29.1 Å². The van der Waals surface area contributed by atoms with Gasteiger partial charge in [-0.25, -0.2) is 10.7 Å². The number of nitrogens with two attached hydrogens (primary N) is 2. The molecule has 1 saturated heterocycles. The molecule has 0 radical (unpaired) electrons. The molecule has 0 aliphatic carbocycles. The summed E-state index contributed by atoms with van der Waals surface area (Å²) in [4.78, 5) is 42.0. The highest BCUT2D eigenvalue weighted by atomic mass is 16.7. The SMILES string of the molecule is NOCC(=O)N1CCN(c2cc(COC(=O)Oc3ccc([N+](=O)[O-])cc3)ccc2N)CC1. The minimum Gasteiger partial charge on any atom is -0.429 e. The Morgan fingerprint density at radius 3 is 2.38 bits per heavy atom. The summed E-state index contributed by atoms with van der Waals surface area (Å²) in [5, 5.41) is 10.7. The molecule has 0 atom stereocenters. The van der Waals surface area contributed by atoms with Crippen molar-refractivity contribution in [3.63, 3.8) is 0 Å². The number of benzene rings is 2. The maximum atomic E-state index is 11.9. The van der Waals surface area contributed by atoms with Gasteiger partial charge in [0, 0.05) is 38.3 Å². The number of anilines is 2. The summed E-state index contributed by atoms with van der Waals surface area (Å²) >= 11 is 0. The van der Waals surface area contributed by atoms with E-state index in [1.165, 1.54) is 24.3 Å². The molecule has 0 spiro atoms.